The maximum atomic E-state index is 12.4. The van der Waals surface area contributed by atoms with Crippen LogP contribution in [0.5, 0.6) is 5.75 Å². The highest BCUT2D eigenvalue weighted by Gasteiger charge is 2.16. The molecule has 264 valence electrons. The summed E-state index contributed by atoms with van der Waals surface area (Å²) in [5.74, 6) is 1.34. The molecule has 1 aromatic carbocycles. The quantitative estimate of drug-likeness (QED) is 0.143. The molecule has 0 heterocycles. The van der Waals surface area contributed by atoms with Crippen molar-refractivity contribution in [3.8, 4) is 5.75 Å². The highest BCUT2D eigenvalue weighted by molar-refractivity contribution is 5.74. The summed E-state index contributed by atoms with van der Waals surface area (Å²) in [7, 11) is 1.39. The minimum atomic E-state index is -0.343. The lowest BCUT2D eigenvalue weighted by Crippen LogP contribution is -2.17. The van der Waals surface area contributed by atoms with E-state index in [-0.39, 0.29) is 56.3 Å². The van der Waals surface area contributed by atoms with Gasteiger partial charge in [0.05, 0.1) is 43.3 Å². The zero-order valence-corrected chi connectivity index (χ0v) is 28.7. The number of methoxy groups -OCH3 is 1. The number of hydrogen-bond donors (Lipinski definition) is 0. The van der Waals surface area contributed by atoms with Gasteiger partial charge in [0.15, 0.2) is 0 Å². The van der Waals surface area contributed by atoms with Crippen LogP contribution in [0.25, 0.3) is 0 Å². The van der Waals surface area contributed by atoms with Gasteiger partial charge in [-0.3, -0.25) is 14.4 Å². The van der Waals surface area contributed by atoms with Crippen molar-refractivity contribution in [2.75, 3.05) is 13.7 Å². The molecule has 1 saturated carbocycles. The number of benzene rings is 1. The minimum absolute atomic E-state index is 0. The van der Waals surface area contributed by atoms with E-state index in [1.165, 1.54) is 63.5 Å². The fraction of sp³-hybridized carbons (Fsp3) is 0.703. The van der Waals surface area contributed by atoms with Crippen LogP contribution in [0.4, 0.5) is 4.39 Å². The average molecular weight is 643 g/mol. The predicted octanol–water partition coefficient (Wildman–Crippen LogP) is 10.2. The van der Waals surface area contributed by atoms with Gasteiger partial charge < -0.3 is 18.9 Å². The Morgan fingerprint density at radius 2 is 1.22 bits per heavy atom. The van der Waals surface area contributed by atoms with Crippen LogP contribution in [0.2, 0.25) is 0 Å². The summed E-state index contributed by atoms with van der Waals surface area (Å²) < 4.78 is 32.5. The number of halogens is 1. The first kappa shape index (κ1) is 49.0. The molecule has 0 radical (unpaired) electrons. The van der Waals surface area contributed by atoms with Crippen LogP contribution < -0.4 is 4.74 Å². The number of carbonyl (C=O) groups is 3. The normalized spacial score (nSPS) is 12.2. The molecule has 2 rings (SSSR count). The molecule has 0 saturated heterocycles. The summed E-state index contributed by atoms with van der Waals surface area (Å²) in [4.78, 5) is 32.3. The van der Waals surface area contributed by atoms with Crippen molar-refractivity contribution in [3.63, 3.8) is 0 Å². The number of esters is 3. The van der Waals surface area contributed by atoms with Crippen LogP contribution in [-0.4, -0.2) is 37.7 Å². The molecule has 45 heavy (non-hydrogen) atoms. The van der Waals surface area contributed by atoms with Crippen molar-refractivity contribution in [1.82, 2.24) is 0 Å². The third kappa shape index (κ3) is 28.3. The third-order valence-electron chi connectivity index (χ3n) is 6.10. The number of allylic oxidation sites excluding steroid dienone is 1. The van der Waals surface area contributed by atoms with E-state index in [2.05, 4.69) is 39.0 Å². The van der Waals surface area contributed by atoms with Gasteiger partial charge in [-0.2, -0.15) is 0 Å². The lowest BCUT2D eigenvalue weighted by molar-refractivity contribution is -0.147. The molecule has 0 amide bonds. The van der Waals surface area contributed by atoms with Crippen LogP contribution >= 0.6 is 0 Å². The number of carbonyl (C=O) groups excluding carboxylic acids is 3. The monoisotopic (exact) mass is 642 g/mol. The van der Waals surface area contributed by atoms with Crippen LogP contribution in [0.1, 0.15) is 123 Å². The molecule has 0 bridgehead atoms. The Bertz CT molecular complexity index is 900. The Morgan fingerprint density at radius 3 is 1.58 bits per heavy atom. The first-order valence-electron chi connectivity index (χ1n) is 15.6. The van der Waals surface area contributed by atoms with Gasteiger partial charge in [-0.1, -0.05) is 97.1 Å². The number of ether oxygens (including phenoxy) is 4. The smallest absolute Gasteiger partial charge is 0.313 e. The molecule has 0 aromatic heterocycles. The first-order chi connectivity index (χ1) is 20.0. The second-order valence-electron chi connectivity index (χ2n) is 12.2. The summed E-state index contributed by atoms with van der Waals surface area (Å²) in [5.41, 5.74) is 0. The molecule has 0 unspecified atom stereocenters. The van der Waals surface area contributed by atoms with Gasteiger partial charge in [-0.05, 0) is 62.3 Å². The van der Waals surface area contributed by atoms with Gasteiger partial charge in [0.25, 0.3) is 0 Å². The molecule has 1 aliphatic carbocycles. The van der Waals surface area contributed by atoms with Crippen LogP contribution in [0.3, 0.4) is 0 Å². The molecular formula is C37H67FO7. The van der Waals surface area contributed by atoms with E-state index in [4.69, 9.17) is 14.2 Å². The van der Waals surface area contributed by atoms with Crippen LogP contribution in [-0.2, 0) is 28.6 Å². The molecule has 1 fully saturated rings. The minimum Gasteiger partial charge on any atom is -0.495 e. The van der Waals surface area contributed by atoms with E-state index in [0.717, 1.165) is 12.2 Å². The van der Waals surface area contributed by atoms with E-state index in [1.807, 2.05) is 13.8 Å². The summed E-state index contributed by atoms with van der Waals surface area (Å²) in [6.45, 7) is 23.7. The molecule has 1 aliphatic rings. The van der Waals surface area contributed by atoms with Gasteiger partial charge in [-0.15, -0.1) is 0 Å². The SMILES string of the molecule is C.C.C=C(OC1CCCCC1)C(C)C.CC(C)C(=O)Oc1ccc(F)cc1.CC(C)CCOC(=O)C(C)C.COC(=O)C(C)C. The zero-order chi connectivity index (χ0) is 33.5. The number of rotatable bonds is 10. The van der Waals surface area contributed by atoms with Crippen molar-refractivity contribution in [2.45, 2.75) is 129 Å². The van der Waals surface area contributed by atoms with Crippen molar-refractivity contribution in [3.05, 3.63) is 42.4 Å². The fourth-order valence-electron chi connectivity index (χ4n) is 3.07. The molecule has 0 N–H and O–H groups in total. The Morgan fingerprint density at radius 1 is 0.756 bits per heavy atom. The molecule has 0 atom stereocenters. The van der Waals surface area contributed by atoms with Crippen molar-refractivity contribution in [1.29, 1.82) is 0 Å². The summed E-state index contributed by atoms with van der Waals surface area (Å²) in [6, 6.07) is 5.36. The standard InChI is InChI=1S/C11H20O.C10H11FO2.C9H18O2.C5H10O2.2CH4/c1-9(2)10(3)12-11-7-5-4-6-8-11;1-7(2)10(12)13-9-5-3-8(11)4-6-9;1-7(2)5-6-11-9(10)8(3)4;1-4(2)5(6)7-3;;/h9,11H,3-8H2,1-2H3;3-7H,1-2H3;7-8H,5-6H2,1-4H3;4H,1-3H3;2*1H4. The van der Waals surface area contributed by atoms with Gasteiger partial charge in [-0.25, -0.2) is 4.39 Å². The average Bonchev–Trinajstić information content (AvgIpc) is 2.94. The van der Waals surface area contributed by atoms with Crippen molar-refractivity contribution < 1.29 is 37.7 Å². The highest BCUT2D eigenvalue weighted by atomic mass is 19.1. The third-order valence-corrected chi connectivity index (χ3v) is 6.10. The van der Waals surface area contributed by atoms with Gasteiger partial charge in [0.1, 0.15) is 11.6 Å². The molecule has 8 heteroatoms. The molecule has 0 aliphatic heterocycles. The summed E-state index contributed by atoms with van der Waals surface area (Å²) >= 11 is 0. The Kier molecular flexibility index (Phi) is 31.1. The lowest BCUT2D eigenvalue weighted by Gasteiger charge is -2.25. The molecule has 1 aromatic rings. The summed E-state index contributed by atoms with van der Waals surface area (Å²) in [5, 5.41) is 0. The zero-order valence-electron chi connectivity index (χ0n) is 28.7. The van der Waals surface area contributed by atoms with Gasteiger partial charge >= 0.3 is 17.9 Å². The fourth-order valence-corrected chi connectivity index (χ4v) is 3.07. The van der Waals surface area contributed by atoms with Gasteiger partial charge in [0, 0.05) is 5.92 Å². The van der Waals surface area contributed by atoms with E-state index < -0.39 is 0 Å². The maximum absolute atomic E-state index is 12.4. The Balaban J connectivity index is -0.000000250. The Hall–Kier alpha value is -2.90. The largest absolute Gasteiger partial charge is 0.495 e. The lowest BCUT2D eigenvalue weighted by atomic mass is 9.97. The maximum Gasteiger partial charge on any atom is 0.313 e. The van der Waals surface area contributed by atoms with Crippen LogP contribution in [0.15, 0.2) is 36.6 Å². The second-order valence-corrected chi connectivity index (χ2v) is 12.2. The number of hydrogen-bond acceptors (Lipinski definition) is 7. The van der Waals surface area contributed by atoms with E-state index >= 15 is 0 Å². The predicted molar refractivity (Wildman–Crippen MR) is 184 cm³/mol. The van der Waals surface area contributed by atoms with E-state index in [0.29, 0.717) is 30.3 Å². The van der Waals surface area contributed by atoms with Crippen molar-refractivity contribution >= 4 is 17.9 Å². The van der Waals surface area contributed by atoms with Gasteiger partial charge in [0.2, 0.25) is 0 Å². The highest BCUT2D eigenvalue weighted by Crippen LogP contribution is 2.24. The topological polar surface area (TPSA) is 88.1 Å². The molecule has 0 spiro atoms. The van der Waals surface area contributed by atoms with E-state index in [1.54, 1.807) is 27.7 Å². The van der Waals surface area contributed by atoms with Crippen molar-refractivity contribution in [2.24, 2.45) is 29.6 Å². The van der Waals surface area contributed by atoms with Crippen LogP contribution in [0, 0.1) is 35.4 Å². The van der Waals surface area contributed by atoms with E-state index in [9.17, 15) is 18.8 Å². The Labute approximate surface area is 275 Å². The first-order valence-corrected chi connectivity index (χ1v) is 15.6. The molecule has 7 nitrogen and oxygen atoms in total. The second kappa shape index (κ2) is 28.6. The summed E-state index contributed by atoms with van der Waals surface area (Å²) in [6.07, 6.45) is 7.92. The molecular weight excluding hydrogens is 575 g/mol.